The Bertz CT molecular complexity index is 1170. The Hall–Kier alpha value is -3.80. The zero-order chi connectivity index (χ0) is 20.4. The van der Waals surface area contributed by atoms with Crippen molar-refractivity contribution >= 4 is 22.7 Å². The van der Waals surface area contributed by atoms with Gasteiger partial charge in [0, 0.05) is 11.3 Å². The van der Waals surface area contributed by atoms with Crippen molar-refractivity contribution in [2.45, 2.75) is 6.92 Å². The number of oxazole rings is 1. The van der Waals surface area contributed by atoms with Crippen molar-refractivity contribution in [3.63, 3.8) is 0 Å². The van der Waals surface area contributed by atoms with E-state index in [4.69, 9.17) is 13.9 Å². The third-order valence-electron chi connectivity index (χ3n) is 4.57. The quantitative estimate of drug-likeness (QED) is 0.516. The van der Waals surface area contributed by atoms with Gasteiger partial charge in [0.05, 0.1) is 14.2 Å². The van der Waals surface area contributed by atoms with E-state index in [1.54, 1.807) is 36.4 Å². The van der Waals surface area contributed by atoms with E-state index in [9.17, 15) is 4.79 Å². The second kappa shape index (κ2) is 7.67. The van der Waals surface area contributed by atoms with Crippen LogP contribution in [0.2, 0.25) is 0 Å². The monoisotopic (exact) mass is 388 g/mol. The van der Waals surface area contributed by atoms with Crippen molar-refractivity contribution in [3.05, 3.63) is 71.8 Å². The Morgan fingerprint density at radius 3 is 2.38 bits per heavy atom. The molecule has 0 saturated carbocycles. The summed E-state index contributed by atoms with van der Waals surface area (Å²) >= 11 is 0. The molecule has 0 aliphatic rings. The second-order valence-corrected chi connectivity index (χ2v) is 6.56. The molecular formula is C23H20N2O4. The molecule has 0 unspecified atom stereocenters. The average molecular weight is 388 g/mol. The number of aryl methyl sites for hydroxylation is 1. The zero-order valence-electron chi connectivity index (χ0n) is 16.4. The molecule has 0 atom stereocenters. The lowest BCUT2D eigenvalue weighted by molar-refractivity contribution is 0.102. The number of benzene rings is 3. The maximum atomic E-state index is 12.9. The number of rotatable bonds is 5. The molecule has 0 saturated heterocycles. The summed E-state index contributed by atoms with van der Waals surface area (Å²) in [6.07, 6.45) is 0. The summed E-state index contributed by atoms with van der Waals surface area (Å²) in [5.74, 6) is 1.08. The van der Waals surface area contributed by atoms with Gasteiger partial charge in [-0.25, -0.2) is 4.98 Å². The molecular weight excluding hydrogens is 368 g/mol. The van der Waals surface area contributed by atoms with E-state index < -0.39 is 0 Å². The molecule has 4 rings (SSSR count). The van der Waals surface area contributed by atoms with Gasteiger partial charge in [0.25, 0.3) is 5.91 Å². The molecule has 1 amide bonds. The molecule has 0 fully saturated rings. The first kappa shape index (κ1) is 18.6. The number of nitrogens with zero attached hydrogens (tertiary/aromatic N) is 1. The van der Waals surface area contributed by atoms with Gasteiger partial charge in [0.15, 0.2) is 5.58 Å². The lowest BCUT2D eigenvalue weighted by atomic mass is 10.1. The fourth-order valence-corrected chi connectivity index (χ4v) is 3.18. The number of hydrogen-bond acceptors (Lipinski definition) is 5. The largest absolute Gasteiger partial charge is 0.496 e. The molecule has 0 aliphatic carbocycles. The normalized spacial score (nSPS) is 10.7. The highest BCUT2D eigenvalue weighted by Crippen LogP contribution is 2.30. The molecule has 0 aliphatic heterocycles. The number of amides is 1. The van der Waals surface area contributed by atoms with Crippen LogP contribution >= 0.6 is 0 Å². The smallest absolute Gasteiger partial charge is 0.263 e. The van der Waals surface area contributed by atoms with Gasteiger partial charge in [-0.15, -0.1) is 0 Å². The first-order valence-electron chi connectivity index (χ1n) is 9.09. The van der Waals surface area contributed by atoms with Crippen LogP contribution < -0.4 is 14.8 Å². The summed E-state index contributed by atoms with van der Waals surface area (Å²) < 4.78 is 16.5. The number of hydrogen-bond donors (Lipinski definition) is 1. The molecule has 0 radical (unpaired) electrons. The van der Waals surface area contributed by atoms with Gasteiger partial charge in [0.2, 0.25) is 5.89 Å². The first-order chi connectivity index (χ1) is 14.1. The Balaban J connectivity index is 1.65. The number of carbonyl (C=O) groups excluding carboxylic acids is 1. The number of fused-ring (bicyclic) bond motifs is 1. The van der Waals surface area contributed by atoms with Crippen molar-refractivity contribution in [3.8, 4) is 23.0 Å². The van der Waals surface area contributed by atoms with Crippen LogP contribution in [0.5, 0.6) is 11.5 Å². The Morgan fingerprint density at radius 2 is 1.69 bits per heavy atom. The molecule has 6 nitrogen and oxygen atoms in total. The van der Waals surface area contributed by atoms with Crippen LogP contribution in [0.3, 0.4) is 0 Å². The van der Waals surface area contributed by atoms with Gasteiger partial charge in [-0.3, -0.25) is 4.79 Å². The van der Waals surface area contributed by atoms with E-state index in [2.05, 4.69) is 10.3 Å². The molecule has 6 heteroatoms. The van der Waals surface area contributed by atoms with Crippen LogP contribution in [0.15, 0.2) is 65.1 Å². The molecule has 4 aromatic rings. The van der Waals surface area contributed by atoms with Gasteiger partial charge < -0.3 is 19.2 Å². The molecule has 0 bridgehead atoms. The Labute approximate surface area is 168 Å². The van der Waals surface area contributed by atoms with E-state index in [1.807, 2.05) is 31.2 Å². The van der Waals surface area contributed by atoms with E-state index in [0.717, 1.165) is 11.1 Å². The summed E-state index contributed by atoms with van der Waals surface area (Å²) in [5.41, 5.74) is 4.27. The lowest BCUT2D eigenvalue weighted by Gasteiger charge is -2.12. The van der Waals surface area contributed by atoms with E-state index in [0.29, 0.717) is 39.7 Å². The van der Waals surface area contributed by atoms with Crippen molar-refractivity contribution < 1.29 is 18.7 Å². The van der Waals surface area contributed by atoms with Crippen molar-refractivity contribution in [2.75, 3.05) is 19.5 Å². The minimum Gasteiger partial charge on any atom is -0.496 e. The summed E-state index contributed by atoms with van der Waals surface area (Å²) in [7, 11) is 3.03. The predicted molar refractivity (Wildman–Crippen MR) is 112 cm³/mol. The van der Waals surface area contributed by atoms with Crippen LogP contribution in [-0.4, -0.2) is 25.1 Å². The second-order valence-electron chi connectivity index (χ2n) is 6.56. The number of ether oxygens (including phenoxy) is 2. The summed E-state index contributed by atoms with van der Waals surface area (Å²) in [6, 6.07) is 18.5. The Kier molecular flexibility index (Phi) is 4.91. The molecule has 1 N–H and O–H groups in total. The van der Waals surface area contributed by atoms with Crippen LogP contribution in [0.25, 0.3) is 22.6 Å². The number of anilines is 1. The minimum atomic E-state index is -0.332. The third-order valence-corrected chi connectivity index (χ3v) is 4.57. The van der Waals surface area contributed by atoms with Gasteiger partial charge in [-0.2, -0.15) is 0 Å². The molecule has 29 heavy (non-hydrogen) atoms. The molecule has 1 aromatic heterocycles. The molecule has 146 valence electrons. The zero-order valence-corrected chi connectivity index (χ0v) is 16.4. The highest BCUT2D eigenvalue weighted by atomic mass is 16.5. The molecule has 0 spiro atoms. The summed E-state index contributed by atoms with van der Waals surface area (Å²) in [4.78, 5) is 17.4. The average Bonchev–Trinajstić information content (AvgIpc) is 3.16. The van der Waals surface area contributed by atoms with Crippen LogP contribution in [-0.2, 0) is 0 Å². The van der Waals surface area contributed by atoms with Crippen LogP contribution in [0.1, 0.15) is 15.9 Å². The third kappa shape index (κ3) is 3.65. The highest BCUT2D eigenvalue weighted by molar-refractivity contribution is 6.08. The van der Waals surface area contributed by atoms with Crippen LogP contribution in [0.4, 0.5) is 5.69 Å². The summed E-state index contributed by atoms with van der Waals surface area (Å²) in [5, 5.41) is 2.88. The SMILES string of the molecule is COc1cccc(OC)c1C(=O)Nc1ccc2oc(-c3cccc(C)c3)nc2c1. The summed E-state index contributed by atoms with van der Waals surface area (Å²) in [6.45, 7) is 2.02. The van der Waals surface area contributed by atoms with Crippen LogP contribution in [0, 0.1) is 6.92 Å². The fraction of sp³-hybridized carbons (Fsp3) is 0.130. The number of nitrogens with one attached hydrogen (secondary N) is 1. The Morgan fingerprint density at radius 1 is 0.966 bits per heavy atom. The topological polar surface area (TPSA) is 73.6 Å². The number of aromatic nitrogens is 1. The van der Waals surface area contributed by atoms with E-state index in [-0.39, 0.29) is 5.91 Å². The maximum absolute atomic E-state index is 12.9. The number of carbonyl (C=O) groups is 1. The van der Waals surface area contributed by atoms with Crippen molar-refractivity contribution in [2.24, 2.45) is 0 Å². The lowest BCUT2D eigenvalue weighted by Crippen LogP contribution is -2.14. The van der Waals surface area contributed by atoms with E-state index in [1.165, 1.54) is 14.2 Å². The van der Waals surface area contributed by atoms with E-state index >= 15 is 0 Å². The predicted octanol–water partition coefficient (Wildman–Crippen LogP) is 5.07. The number of methoxy groups -OCH3 is 2. The maximum Gasteiger partial charge on any atom is 0.263 e. The van der Waals surface area contributed by atoms with Gasteiger partial charge in [-0.1, -0.05) is 23.8 Å². The molecule has 1 heterocycles. The van der Waals surface area contributed by atoms with Crippen molar-refractivity contribution in [1.29, 1.82) is 0 Å². The first-order valence-corrected chi connectivity index (χ1v) is 9.09. The molecule has 3 aromatic carbocycles. The fourth-order valence-electron chi connectivity index (χ4n) is 3.18. The van der Waals surface area contributed by atoms with Gasteiger partial charge in [0.1, 0.15) is 22.6 Å². The van der Waals surface area contributed by atoms with Gasteiger partial charge in [-0.05, 0) is 49.4 Å². The highest BCUT2D eigenvalue weighted by Gasteiger charge is 2.19. The minimum absolute atomic E-state index is 0.332. The van der Waals surface area contributed by atoms with Crippen molar-refractivity contribution in [1.82, 2.24) is 4.98 Å². The van der Waals surface area contributed by atoms with Gasteiger partial charge >= 0.3 is 0 Å². The standard InChI is InChI=1S/C23H20N2O4/c1-14-6-4-7-15(12-14)23-25-17-13-16(10-11-18(17)29-23)24-22(26)21-19(27-2)8-5-9-20(21)28-3/h4-13H,1-3H3,(H,24,26).